The summed E-state index contributed by atoms with van der Waals surface area (Å²) in [4.78, 5) is 14.9. The lowest BCUT2D eigenvalue weighted by atomic mass is 9.85. The highest BCUT2D eigenvalue weighted by Crippen LogP contribution is 2.53. The van der Waals surface area contributed by atoms with Crippen molar-refractivity contribution in [1.82, 2.24) is 4.98 Å². The van der Waals surface area contributed by atoms with Gasteiger partial charge in [0, 0.05) is 29.5 Å². The molecule has 1 heterocycles. The van der Waals surface area contributed by atoms with Gasteiger partial charge in [-0.2, -0.15) is 13.2 Å². The molecular formula is C37H28F3NO4. The van der Waals surface area contributed by atoms with Gasteiger partial charge in [-0.1, -0.05) is 72.8 Å². The average Bonchev–Trinajstić information content (AvgIpc) is 3.57. The number of carboxylic acid groups (broad SMARTS) is 1. The molecule has 0 saturated heterocycles. The zero-order chi connectivity index (χ0) is 31.3. The van der Waals surface area contributed by atoms with Crippen LogP contribution in [0.3, 0.4) is 0 Å². The van der Waals surface area contributed by atoms with Gasteiger partial charge in [0.1, 0.15) is 5.75 Å². The van der Waals surface area contributed by atoms with Crippen molar-refractivity contribution in [3.8, 4) is 28.0 Å². The molecule has 2 N–H and O–H groups in total. The number of aromatic amines is 1. The summed E-state index contributed by atoms with van der Waals surface area (Å²) in [5.74, 6) is -0.851. The van der Waals surface area contributed by atoms with Crippen molar-refractivity contribution in [2.75, 3.05) is 13.7 Å². The fourth-order valence-electron chi connectivity index (χ4n) is 6.80. The van der Waals surface area contributed by atoms with Crippen molar-refractivity contribution < 1.29 is 32.5 Å². The van der Waals surface area contributed by atoms with Crippen LogP contribution in [-0.4, -0.2) is 29.8 Å². The molecule has 5 nitrogen and oxygen atoms in total. The number of benzene rings is 5. The van der Waals surface area contributed by atoms with Crippen molar-refractivity contribution in [3.05, 3.63) is 125 Å². The Morgan fingerprint density at radius 2 is 1.67 bits per heavy atom. The zero-order valence-corrected chi connectivity index (χ0v) is 24.2. The van der Waals surface area contributed by atoms with E-state index in [0.717, 1.165) is 66.8 Å². The highest BCUT2D eigenvalue weighted by molar-refractivity contribution is 6.15. The van der Waals surface area contributed by atoms with E-state index in [1.165, 1.54) is 12.1 Å². The number of carbonyl (C=O) groups is 1. The van der Waals surface area contributed by atoms with Crippen LogP contribution >= 0.6 is 0 Å². The first kappa shape index (κ1) is 28.7. The van der Waals surface area contributed by atoms with Crippen molar-refractivity contribution in [3.63, 3.8) is 0 Å². The van der Waals surface area contributed by atoms with E-state index in [0.29, 0.717) is 24.3 Å². The predicted molar refractivity (Wildman–Crippen MR) is 168 cm³/mol. The smallest absolute Gasteiger partial charge is 0.416 e. The maximum absolute atomic E-state index is 13.7. The molecule has 1 aliphatic carbocycles. The Morgan fingerprint density at radius 1 is 0.889 bits per heavy atom. The van der Waals surface area contributed by atoms with Gasteiger partial charge in [-0.25, -0.2) is 4.79 Å². The fraction of sp³-hybridized carbons (Fsp3) is 0.162. The van der Waals surface area contributed by atoms with Crippen LogP contribution in [0.2, 0.25) is 0 Å². The lowest BCUT2D eigenvalue weighted by Crippen LogP contribution is -2.09. The molecule has 45 heavy (non-hydrogen) atoms. The summed E-state index contributed by atoms with van der Waals surface area (Å²) in [6.45, 7) is -0.0870. The van der Waals surface area contributed by atoms with E-state index in [9.17, 15) is 23.1 Å². The summed E-state index contributed by atoms with van der Waals surface area (Å²) in [7, 11) is 1.65. The number of aliphatic carboxylic acids is 1. The van der Waals surface area contributed by atoms with E-state index in [-0.39, 0.29) is 5.92 Å². The molecule has 6 aromatic rings. The molecule has 0 fully saturated rings. The Labute approximate surface area is 256 Å². The molecule has 0 saturated carbocycles. The van der Waals surface area contributed by atoms with Gasteiger partial charge in [0.25, 0.3) is 0 Å². The number of ether oxygens (including phenoxy) is 2. The van der Waals surface area contributed by atoms with E-state index in [4.69, 9.17) is 9.47 Å². The Kier molecular flexibility index (Phi) is 7.09. The number of alkyl halides is 3. The number of aromatic nitrogens is 1. The SMILES string of the molecule is COCc1cccc2c1-c1cccc(-c3ccc(OCC(=O)O)c4c3[nH]c3ccccc34)c1C2Cc1cccc(C(F)(F)F)c1. The average molecular weight is 608 g/mol. The quantitative estimate of drug-likeness (QED) is 0.181. The predicted octanol–water partition coefficient (Wildman–Crippen LogP) is 8.97. The Balaban J connectivity index is 1.46. The molecule has 0 spiro atoms. The number of H-pyrrole nitrogens is 1. The lowest BCUT2D eigenvalue weighted by Gasteiger charge is -2.19. The monoisotopic (exact) mass is 607 g/mol. The minimum Gasteiger partial charge on any atom is -0.481 e. The second kappa shape index (κ2) is 11.1. The van der Waals surface area contributed by atoms with Crippen molar-refractivity contribution >= 4 is 27.8 Å². The topological polar surface area (TPSA) is 71.6 Å². The molecule has 226 valence electrons. The molecule has 1 unspecified atom stereocenters. The summed E-state index contributed by atoms with van der Waals surface area (Å²) < 4.78 is 52.4. The van der Waals surface area contributed by atoms with Crippen molar-refractivity contribution in [2.45, 2.75) is 25.1 Å². The summed E-state index contributed by atoms with van der Waals surface area (Å²) in [6.07, 6.45) is -4.07. The first-order valence-corrected chi connectivity index (χ1v) is 14.5. The number of hydrogen-bond donors (Lipinski definition) is 2. The fourth-order valence-corrected chi connectivity index (χ4v) is 6.80. The molecule has 1 aliphatic rings. The van der Waals surface area contributed by atoms with E-state index < -0.39 is 24.3 Å². The standard InChI is InChI=1S/C37H28F3NO4/c1-44-19-22-8-5-11-25-29(18-21-7-4-9-23(17-21)37(38,39)40)34-24(12-6-13-28(34)33(22)25)26-15-16-31(45-20-32(42)43)35-27-10-2-3-14-30(27)41-36(26)35/h2-17,29,41H,18-20H2,1H3,(H,42,43). The molecule has 0 radical (unpaired) electrons. The van der Waals surface area contributed by atoms with E-state index in [2.05, 4.69) is 17.1 Å². The molecule has 1 atom stereocenters. The Bertz CT molecular complexity index is 2100. The molecule has 7 rings (SSSR count). The van der Waals surface area contributed by atoms with Gasteiger partial charge in [0.2, 0.25) is 0 Å². The van der Waals surface area contributed by atoms with Crippen LogP contribution in [0.4, 0.5) is 13.2 Å². The van der Waals surface area contributed by atoms with Crippen LogP contribution in [0, 0.1) is 0 Å². The second-order valence-electron chi connectivity index (χ2n) is 11.3. The van der Waals surface area contributed by atoms with Crippen LogP contribution in [-0.2, 0) is 28.7 Å². The van der Waals surface area contributed by atoms with Gasteiger partial charge < -0.3 is 19.6 Å². The first-order chi connectivity index (χ1) is 21.7. The summed E-state index contributed by atoms with van der Waals surface area (Å²) in [6, 6.07) is 29.2. The minimum atomic E-state index is -4.44. The summed E-state index contributed by atoms with van der Waals surface area (Å²) in [5.41, 5.74) is 8.54. The van der Waals surface area contributed by atoms with Gasteiger partial charge in [0.05, 0.1) is 23.1 Å². The minimum absolute atomic E-state index is 0.228. The third kappa shape index (κ3) is 5.01. The van der Waals surface area contributed by atoms with Gasteiger partial charge in [0.15, 0.2) is 6.61 Å². The number of carboxylic acids is 1. The highest BCUT2D eigenvalue weighted by Gasteiger charge is 2.35. The molecule has 5 aromatic carbocycles. The third-order valence-electron chi connectivity index (χ3n) is 8.54. The molecular weight excluding hydrogens is 579 g/mol. The largest absolute Gasteiger partial charge is 0.481 e. The first-order valence-electron chi connectivity index (χ1n) is 14.5. The van der Waals surface area contributed by atoms with Crippen molar-refractivity contribution in [1.29, 1.82) is 0 Å². The maximum Gasteiger partial charge on any atom is 0.416 e. The van der Waals surface area contributed by atoms with Gasteiger partial charge in [-0.15, -0.1) is 0 Å². The number of para-hydroxylation sites is 1. The third-order valence-corrected chi connectivity index (χ3v) is 8.54. The number of nitrogens with one attached hydrogen (secondary N) is 1. The number of hydrogen-bond acceptors (Lipinski definition) is 3. The molecule has 0 aliphatic heterocycles. The van der Waals surface area contributed by atoms with Crippen LogP contribution < -0.4 is 4.74 Å². The number of halogens is 3. The molecule has 0 amide bonds. The van der Waals surface area contributed by atoms with Gasteiger partial charge in [-0.3, -0.25) is 0 Å². The molecule has 1 aromatic heterocycles. The van der Waals surface area contributed by atoms with E-state index in [1.807, 2.05) is 54.6 Å². The number of rotatable bonds is 8. The van der Waals surface area contributed by atoms with Crippen LogP contribution in [0.1, 0.15) is 33.7 Å². The number of methoxy groups -OCH3 is 1. The van der Waals surface area contributed by atoms with Crippen molar-refractivity contribution in [2.24, 2.45) is 0 Å². The Hall–Kier alpha value is -5.08. The van der Waals surface area contributed by atoms with E-state index in [1.54, 1.807) is 19.2 Å². The van der Waals surface area contributed by atoms with Gasteiger partial charge in [-0.05, 0) is 69.6 Å². The van der Waals surface area contributed by atoms with Crippen LogP contribution in [0.5, 0.6) is 5.75 Å². The zero-order valence-electron chi connectivity index (χ0n) is 24.2. The maximum atomic E-state index is 13.7. The normalized spacial score (nSPS) is 14.1. The summed E-state index contributed by atoms with van der Waals surface area (Å²) in [5, 5.41) is 11.0. The number of fused-ring (bicyclic) bond motifs is 6. The Morgan fingerprint density at radius 3 is 2.47 bits per heavy atom. The van der Waals surface area contributed by atoms with E-state index >= 15 is 0 Å². The molecule has 0 bridgehead atoms. The van der Waals surface area contributed by atoms with Crippen LogP contribution in [0.15, 0.2) is 97.1 Å². The lowest BCUT2D eigenvalue weighted by molar-refractivity contribution is -0.139. The van der Waals surface area contributed by atoms with Gasteiger partial charge >= 0.3 is 12.1 Å². The second-order valence-corrected chi connectivity index (χ2v) is 11.3. The highest BCUT2D eigenvalue weighted by atomic mass is 19.4. The summed E-state index contributed by atoms with van der Waals surface area (Å²) >= 11 is 0. The molecule has 8 heteroatoms. The van der Waals surface area contributed by atoms with Crippen LogP contribution in [0.25, 0.3) is 44.1 Å².